The maximum absolute atomic E-state index is 5.76. The molecule has 106 valence electrons. The summed E-state index contributed by atoms with van der Waals surface area (Å²) in [6.07, 6.45) is 0. The minimum Gasteiger partial charge on any atom is -0.378 e. The van der Waals surface area contributed by atoms with Gasteiger partial charge in [0.1, 0.15) is 5.01 Å². The average molecular weight is 311 g/mol. The molecule has 3 heterocycles. The summed E-state index contributed by atoms with van der Waals surface area (Å²) in [6.45, 7) is 4.76. The highest BCUT2D eigenvalue weighted by atomic mass is 32.2. The largest absolute Gasteiger partial charge is 0.378 e. The van der Waals surface area contributed by atoms with Gasteiger partial charge in [-0.05, 0) is 18.7 Å². The minimum atomic E-state index is 0.213. The second-order valence-corrected chi connectivity index (χ2v) is 6.46. The van der Waals surface area contributed by atoms with Crippen LogP contribution in [0.3, 0.4) is 0 Å². The number of hydrogen-bond donors (Lipinski definition) is 1. The van der Waals surface area contributed by atoms with Crippen LogP contribution in [-0.2, 0) is 4.74 Å². The molecular weight excluding hydrogens is 298 g/mol. The van der Waals surface area contributed by atoms with Crippen LogP contribution in [0, 0.1) is 6.92 Å². The molecule has 1 saturated heterocycles. The maximum atomic E-state index is 5.76. The molecule has 2 aromatic heterocycles. The molecule has 2 N–H and O–H groups in total. The lowest BCUT2D eigenvalue weighted by Crippen LogP contribution is -2.37. The molecule has 2 aromatic rings. The predicted molar refractivity (Wildman–Crippen MR) is 76.0 cm³/mol. The number of morpholine rings is 1. The van der Waals surface area contributed by atoms with E-state index in [1.165, 1.54) is 23.1 Å². The molecule has 0 saturated carbocycles. The van der Waals surface area contributed by atoms with E-state index in [1.54, 1.807) is 0 Å². The van der Waals surface area contributed by atoms with Crippen molar-refractivity contribution in [3.63, 3.8) is 0 Å². The Labute approximate surface area is 123 Å². The van der Waals surface area contributed by atoms with Crippen LogP contribution in [0.5, 0.6) is 0 Å². The second-order valence-electron chi connectivity index (χ2n) is 4.06. The van der Waals surface area contributed by atoms with E-state index in [2.05, 4.69) is 25.1 Å². The van der Waals surface area contributed by atoms with Crippen molar-refractivity contribution in [2.24, 2.45) is 0 Å². The Morgan fingerprint density at radius 3 is 2.70 bits per heavy atom. The first-order valence-corrected chi connectivity index (χ1v) is 7.66. The van der Waals surface area contributed by atoms with Gasteiger partial charge in [0.15, 0.2) is 4.34 Å². The van der Waals surface area contributed by atoms with Crippen LogP contribution in [0.2, 0.25) is 0 Å². The van der Waals surface area contributed by atoms with E-state index >= 15 is 0 Å². The lowest BCUT2D eigenvalue weighted by Gasteiger charge is -2.26. The van der Waals surface area contributed by atoms with Crippen LogP contribution >= 0.6 is 23.1 Å². The smallest absolute Gasteiger partial charge is 0.231 e. The Hall–Kier alpha value is -1.52. The Kier molecular flexibility index (Phi) is 3.94. The summed E-state index contributed by atoms with van der Waals surface area (Å²) in [5.74, 6) is 0.801. The van der Waals surface area contributed by atoms with E-state index < -0.39 is 0 Å². The molecule has 0 aliphatic carbocycles. The Balaban J connectivity index is 1.82. The number of ether oxygens (including phenoxy) is 1. The molecule has 1 aliphatic rings. The average Bonchev–Trinajstić information content (AvgIpc) is 2.84. The van der Waals surface area contributed by atoms with Crippen molar-refractivity contribution in [1.82, 2.24) is 25.1 Å². The van der Waals surface area contributed by atoms with Crippen molar-refractivity contribution in [2.45, 2.75) is 16.4 Å². The fourth-order valence-corrected chi connectivity index (χ4v) is 3.38. The van der Waals surface area contributed by atoms with Crippen LogP contribution in [0.25, 0.3) is 0 Å². The van der Waals surface area contributed by atoms with Crippen LogP contribution in [0.15, 0.2) is 9.50 Å². The molecular formula is C10H13N7OS2. The maximum Gasteiger partial charge on any atom is 0.231 e. The third-order valence-corrected chi connectivity index (χ3v) is 4.36. The standard InChI is InChI=1S/C10H13N7OS2/c1-6-15-16-10(19-6)20-9-13-7(11)12-8(14-9)17-2-4-18-5-3-17/h2-5H2,1H3,(H2,11,12,13,14). The van der Waals surface area contributed by atoms with Gasteiger partial charge in [0, 0.05) is 13.1 Å². The van der Waals surface area contributed by atoms with Gasteiger partial charge in [0.25, 0.3) is 0 Å². The zero-order chi connectivity index (χ0) is 13.9. The summed E-state index contributed by atoms with van der Waals surface area (Å²) in [5.41, 5.74) is 5.76. The molecule has 0 atom stereocenters. The molecule has 20 heavy (non-hydrogen) atoms. The SMILES string of the molecule is Cc1nnc(Sc2nc(N)nc(N3CCOCC3)n2)s1. The summed E-state index contributed by atoms with van der Waals surface area (Å²) in [5, 5.41) is 9.45. The molecule has 0 radical (unpaired) electrons. The van der Waals surface area contributed by atoms with Gasteiger partial charge in [-0.3, -0.25) is 0 Å². The summed E-state index contributed by atoms with van der Waals surface area (Å²) in [7, 11) is 0. The van der Waals surface area contributed by atoms with Gasteiger partial charge >= 0.3 is 0 Å². The lowest BCUT2D eigenvalue weighted by atomic mass is 10.4. The van der Waals surface area contributed by atoms with Crippen molar-refractivity contribution in [2.75, 3.05) is 36.9 Å². The highest BCUT2D eigenvalue weighted by Gasteiger charge is 2.17. The van der Waals surface area contributed by atoms with E-state index in [9.17, 15) is 0 Å². The number of hydrogen-bond acceptors (Lipinski definition) is 10. The topological polar surface area (TPSA) is 103 Å². The van der Waals surface area contributed by atoms with Crippen LogP contribution in [0.1, 0.15) is 5.01 Å². The highest BCUT2D eigenvalue weighted by Crippen LogP contribution is 2.28. The molecule has 0 bridgehead atoms. The van der Waals surface area contributed by atoms with Crippen LogP contribution < -0.4 is 10.6 Å². The van der Waals surface area contributed by atoms with Crippen molar-refractivity contribution in [3.8, 4) is 0 Å². The van der Waals surface area contributed by atoms with Gasteiger partial charge in [0.05, 0.1) is 13.2 Å². The van der Waals surface area contributed by atoms with Gasteiger partial charge in [-0.1, -0.05) is 11.3 Å². The number of nitrogens with zero attached hydrogens (tertiary/aromatic N) is 6. The van der Waals surface area contributed by atoms with Crippen LogP contribution in [0.4, 0.5) is 11.9 Å². The lowest BCUT2D eigenvalue weighted by molar-refractivity contribution is 0.122. The fraction of sp³-hybridized carbons (Fsp3) is 0.500. The number of rotatable bonds is 3. The first-order valence-electron chi connectivity index (χ1n) is 6.03. The molecule has 1 fully saturated rings. The first-order chi connectivity index (χ1) is 9.70. The second kappa shape index (κ2) is 5.85. The van der Waals surface area contributed by atoms with E-state index in [-0.39, 0.29) is 5.95 Å². The van der Waals surface area contributed by atoms with Crippen molar-refractivity contribution < 1.29 is 4.74 Å². The predicted octanol–water partition coefficient (Wildman–Crippen LogP) is 0.602. The summed E-state index contributed by atoms with van der Waals surface area (Å²) >= 11 is 2.84. The van der Waals surface area contributed by atoms with Gasteiger partial charge < -0.3 is 15.4 Å². The van der Waals surface area contributed by atoms with Crippen molar-refractivity contribution in [1.29, 1.82) is 0 Å². The molecule has 10 heteroatoms. The number of nitrogen functional groups attached to an aromatic ring is 1. The first kappa shape index (κ1) is 13.5. The zero-order valence-electron chi connectivity index (χ0n) is 10.8. The Bertz CT molecular complexity index is 599. The molecule has 0 amide bonds. The fourth-order valence-electron chi connectivity index (χ4n) is 1.71. The third kappa shape index (κ3) is 3.14. The number of aromatic nitrogens is 5. The normalized spacial score (nSPS) is 15.6. The van der Waals surface area contributed by atoms with E-state index in [1.807, 2.05) is 11.8 Å². The summed E-state index contributed by atoms with van der Waals surface area (Å²) in [6, 6.07) is 0. The van der Waals surface area contributed by atoms with Gasteiger partial charge in [-0.15, -0.1) is 10.2 Å². The Morgan fingerprint density at radius 2 is 2.00 bits per heavy atom. The Morgan fingerprint density at radius 1 is 1.20 bits per heavy atom. The molecule has 8 nitrogen and oxygen atoms in total. The summed E-state index contributed by atoms with van der Waals surface area (Å²) in [4.78, 5) is 14.8. The number of anilines is 2. The molecule has 0 aromatic carbocycles. The molecule has 0 spiro atoms. The summed E-state index contributed by atoms with van der Waals surface area (Å²) < 4.78 is 6.11. The van der Waals surface area contributed by atoms with E-state index in [4.69, 9.17) is 10.5 Å². The molecule has 3 rings (SSSR count). The minimum absolute atomic E-state index is 0.213. The zero-order valence-corrected chi connectivity index (χ0v) is 12.4. The van der Waals surface area contributed by atoms with E-state index in [0.717, 1.165) is 22.4 Å². The third-order valence-electron chi connectivity index (χ3n) is 2.60. The van der Waals surface area contributed by atoms with Gasteiger partial charge in [-0.25, -0.2) is 0 Å². The van der Waals surface area contributed by atoms with Crippen molar-refractivity contribution in [3.05, 3.63) is 5.01 Å². The van der Waals surface area contributed by atoms with Crippen LogP contribution in [-0.4, -0.2) is 51.5 Å². The van der Waals surface area contributed by atoms with Gasteiger partial charge in [0.2, 0.25) is 17.1 Å². The molecule has 1 aliphatic heterocycles. The number of nitrogens with two attached hydrogens (primary N) is 1. The van der Waals surface area contributed by atoms with Crippen molar-refractivity contribution >= 4 is 35.0 Å². The monoisotopic (exact) mass is 311 g/mol. The number of aryl methyl sites for hydroxylation is 1. The quantitative estimate of drug-likeness (QED) is 0.872. The van der Waals surface area contributed by atoms with Gasteiger partial charge in [-0.2, -0.15) is 15.0 Å². The highest BCUT2D eigenvalue weighted by molar-refractivity contribution is 8.00. The molecule has 0 unspecified atom stereocenters. The van der Waals surface area contributed by atoms with E-state index in [0.29, 0.717) is 24.3 Å².